The predicted molar refractivity (Wildman–Crippen MR) is 132 cm³/mol. The molecule has 1 saturated heterocycles. The molecule has 1 heterocycles. The summed E-state index contributed by atoms with van der Waals surface area (Å²) in [6.45, 7) is 6.86. The van der Waals surface area contributed by atoms with Gasteiger partial charge in [-0.25, -0.2) is 0 Å². The molecule has 4 unspecified atom stereocenters. The van der Waals surface area contributed by atoms with Crippen molar-refractivity contribution in [2.24, 2.45) is 17.8 Å². The van der Waals surface area contributed by atoms with E-state index in [1.54, 1.807) is 5.57 Å². The van der Waals surface area contributed by atoms with E-state index in [4.69, 9.17) is 4.74 Å². The van der Waals surface area contributed by atoms with E-state index < -0.39 is 0 Å². The van der Waals surface area contributed by atoms with Crippen molar-refractivity contribution in [1.29, 1.82) is 0 Å². The summed E-state index contributed by atoms with van der Waals surface area (Å²) in [6.07, 6.45) is 12.2. The van der Waals surface area contributed by atoms with Crippen LogP contribution in [0.15, 0.2) is 11.0 Å². The molecule has 2 aliphatic carbocycles. The number of ether oxygens (including phenoxy) is 1. The molecule has 166 valence electrons. The van der Waals surface area contributed by atoms with E-state index >= 15 is 0 Å². The lowest BCUT2D eigenvalue weighted by Crippen LogP contribution is -2.50. The Bertz CT molecular complexity index is 552. The van der Waals surface area contributed by atoms with Crippen molar-refractivity contribution in [3.8, 4) is 0 Å². The second-order valence-corrected chi connectivity index (χ2v) is 12.8. The van der Waals surface area contributed by atoms with E-state index in [1.807, 2.05) is 11.8 Å². The molecule has 29 heavy (non-hydrogen) atoms. The summed E-state index contributed by atoms with van der Waals surface area (Å²) in [5.41, 5.74) is 1.59. The molecule has 0 aromatic carbocycles. The van der Waals surface area contributed by atoms with Gasteiger partial charge in [0.15, 0.2) is 0 Å². The zero-order valence-electron chi connectivity index (χ0n) is 18.6. The van der Waals surface area contributed by atoms with Crippen LogP contribution in [0, 0.1) is 17.8 Å². The molecular formula is C24H40O2S3. The van der Waals surface area contributed by atoms with Gasteiger partial charge >= 0.3 is 5.97 Å². The van der Waals surface area contributed by atoms with Crippen LogP contribution in [0.3, 0.4) is 0 Å². The van der Waals surface area contributed by atoms with E-state index in [1.165, 1.54) is 68.6 Å². The van der Waals surface area contributed by atoms with Crippen LogP contribution < -0.4 is 0 Å². The summed E-state index contributed by atoms with van der Waals surface area (Å²) in [5.74, 6) is 5.00. The van der Waals surface area contributed by atoms with Gasteiger partial charge < -0.3 is 4.74 Å². The van der Waals surface area contributed by atoms with Gasteiger partial charge in [0, 0.05) is 12.3 Å². The molecule has 3 aliphatic rings. The van der Waals surface area contributed by atoms with Gasteiger partial charge in [0.05, 0.1) is 10.00 Å². The minimum Gasteiger partial charge on any atom is -0.461 e. The third-order valence-corrected chi connectivity index (χ3v) is 11.4. The van der Waals surface area contributed by atoms with Gasteiger partial charge in [0.1, 0.15) is 6.10 Å². The van der Waals surface area contributed by atoms with Gasteiger partial charge in [-0.3, -0.25) is 4.79 Å². The van der Waals surface area contributed by atoms with E-state index in [-0.39, 0.29) is 22.1 Å². The Morgan fingerprint density at radius 3 is 2.31 bits per heavy atom. The maximum Gasteiger partial charge on any atom is 0.309 e. The number of hydrogen-bond donors (Lipinski definition) is 0. The van der Waals surface area contributed by atoms with Crippen molar-refractivity contribution < 1.29 is 9.53 Å². The summed E-state index contributed by atoms with van der Waals surface area (Å²) < 4.78 is 6.14. The Balaban J connectivity index is 1.92. The van der Waals surface area contributed by atoms with Crippen molar-refractivity contribution in [1.82, 2.24) is 0 Å². The average molecular weight is 457 g/mol. The van der Waals surface area contributed by atoms with Crippen LogP contribution in [-0.4, -0.2) is 33.4 Å². The fourth-order valence-electron chi connectivity index (χ4n) is 5.24. The van der Waals surface area contributed by atoms with E-state index in [2.05, 4.69) is 49.7 Å². The summed E-state index contributed by atoms with van der Waals surface area (Å²) in [4.78, 5) is 12.6. The number of unbranched alkanes of at least 4 members (excludes halogenated alkanes) is 3. The first-order valence-corrected chi connectivity index (χ1v) is 15.0. The standard InChI is InChI=1S/C24H40O2S3/c1-4-7-13-27-17-18-16-21-22-19(23(25)26-21)11-10-12-20(22)24(18,28-14-8-5-2)29-15-9-6-3/h17,19-22H,4-16H2,1-3H3. The van der Waals surface area contributed by atoms with Gasteiger partial charge in [0.25, 0.3) is 0 Å². The molecule has 0 aromatic heterocycles. The Hall–Kier alpha value is 0.260. The molecule has 5 heteroatoms. The van der Waals surface area contributed by atoms with E-state index in [9.17, 15) is 4.79 Å². The molecule has 0 N–H and O–H groups in total. The normalized spacial score (nSPS) is 31.7. The SMILES string of the molecule is CCCCSC=C1CC2OC(=O)C3CCCC(C23)C1(SCCCC)SCCCC. The van der Waals surface area contributed by atoms with Crippen molar-refractivity contribution in [2.75, 3.05) is 17.3 Å². The monoisotopic (exact) mass is 456 g/mol. The quantitative estimate of drug-likeness (QED) is 0.172. The van der Waals surface area contributed by atoms with Crippen LogP contribution in [0.4, 0.5) is 0 Å². The molecule has 1 aliphatic heterocycles. The molecule has 3 fully saturated rings. The van der Waals surface area contributed by atoms with Crippen LogP contribution in [0.5, 0.6) is 0 Å². The van der Waals surface area contributed by atoms with Crippen LogP contribution in [0.2, 0.25) is 0 Å². The maximum atomic E-state index is 12.6. The maximum absolute atomic E-state index is 12.6. The Morgan fingerprint density at radius 2 is 1.66 bits per heavy atom. The number of esters is 1. The zero-order chi connectivity index (χ0) is 20.7. The van der Waals surface area contributed by atoms with Crippen molar-refractivity contribution in [2.45, 2.75) is 95.2 Å². The average Bonchev–Trinajstić information content (AvgIpc) is 3.05. The fourth-order valence-corrected chi connectivity index (χ4v) is 10.4. The van der Waals surface area contributed by atoms with Crippen molar-refractivity contribution >= 4 is 41.3 Å². The fraction of sp³-hybridized carbons (Fsp3) is 0.875. The lowest BCUT2D eigenvalue weighted by atomic mass is 9.64. The lowest BCUT2D eigenvalue weighted by Gasteiger charge is -2.52. The Labute approximate surface area is 191 Å². The third-order valence-electron chi connectivity index (χ3n) is 6.79. The number of thioether (sulfide) groups is 3. The summed E-state index contributed by atoms with van der Waals surface area (Å²) in [5, 5.41) is 2.50. The number of hydrogen-bond acceptors (Lipinski definition) is 5. The molecule has 0 radical (unpaired) electrons. The molecule has 2 saturated carbocycles. The highest BCUT2D eigenvalue weighted by molar-refractivity contribution is 8.18. The minimum atomic E-state index is 0.107. The lowest BCUT2D eigenvalue weighted by molar-refractivity contribution is -0.144. The molecule has 4 atom stereocenters. The minimum absolute atomic E-state index is 0.107. The third kappa shape index (κ3) is 5.37. The smallest absolute Gasteiger partial charge is 0.309 e. The van der Waals surface area contributed by atoms with Gasteiger partial charge in [-0.1, -0.05) is 46.5 Å². The predicted octanol–water partition coefficient (Wildman–Crippen LogP) is 7.53. The van der Waals surface area contributed by atoms with Crippen LogP contribution in [0.25, 0.3) is 0 Å². The number of carbonyl (C=O) groups is 1. The van der Waals surface area contributed by atoms with Crippen LogP contribution in [0.1, 0.15) is 85.0 Å². The highest BCUT2D eigenvalue weighted by Crippen LogP contribution is 2.63. The number of rotatable bonds is 12. The van der Waals surface area contributed by atoms with Crippen molar-refractivity contribution in [3.05, 3.63) is 11.0 Å². The molecule has 2 nitrogen and oxygen atoms in total. The molecule has 0 spiro atoms. The Morgan fingerprint density at radius 1 is 1.00 bits per heavy atom. The first-order chi connectivity index (χ1) is 14.2. The zero-order valence-corrected chi connectivity index (χ0v) is 21.1. The highest BCUT2D eigenvalue weighted by atomic mass is 32.2. The largest absolute Gasteiger partial charge is 0.461 e. The molecule has 0 bridgehead atoms. The number of carbonyl (C=O) groups excluding carboxylic acids is 1. The highest BCUT2D eigenvalue weighted by Gasteiger charge is 2.61. The molecule has 3 rings (SSSR count). The Kier molecular flexibility index (Phi) is 9.70. The van der Waals surface area contributed by atoms with Crippen LogP contribution >= 0.6 is 35.3 Å². The van der Waals surface area contributed by atoms with E-state index in [0.717, 1.165) is 12.8 Å². The van der Waals surface area contributed by atoms with Gasteiger partial charge in [-0.05, 0) is 66.3 Å². The molecule has 0 aromatic rings. The summed E-state index contributed by atoms with van der Waals surface area (Å²) >= 11 is 6.45. The summed E-state index contributed by atoms with van der Waals surface area (Å²) in [6, 6.07) is 0. The second kappa shape index (κ2) is 11.8. The first kappa shape index (κ1) is 23.9. The molecular weight excluding hydrogens is 416 g/mol. The molecule has 0 amide bonds. The topological polar surface area (TPSA) is 26.3 Å². The summed E-state index contributed by atoms with van der Waals surface area (Å²) in [7, 11) is 0. The second-order valence-electron chi connectivity index (χ2n) is 8.84. The van der Waals surface area contributed by atoms with E-state index in [0.29, 0.717) is 11.8 Å². The van der Waals surface area contributed by atoms with Crippen molar-refractivity contribution in [3.63, 3.8) is 0 Å². The van der Waals surface area contributed by atoms with Gasteiger partial charge in [0.2, 0.25) is 0 Å². The van der Waals surface area contributed by atoms with Crippen LogP contribution in [-0.2, 0) is 9.53 Å². The van der Waals surface area contributed by atoms with Gasteiger partial charge in [-0.2, -0.15) is 0 Å². The first-order valence-electron chi connectivity index (χ1n) is 12.0. The van der Waals surface area contributed by atoms with Gasteiger partial charge in [-0.15, -0.1) is 35.3 Å².